The fourth-order valence-electron chi connectivity index (χ4n) is 2.10. The van der Waals surface area contributed by atoms with Crippen molar-refractivity contribution >= 4 is 27.3 Å². The summed E-state index contributed by atoms with van der Waals surface area (Å²) in [6.07, 6.45) is 5.08. The van der Waals surface area contributed by atoms with Crippen LogP contribution in [0, 0.1) is 0 Å². The lowest BCUT2D eigenvalue weighted by Gasteiger charge is -2.21. The molecule has 0 bridgehead atoms. The Hall–Kier alpha value is 0.140. The van der Waals surface area contributed by atoms with Crippen molar-refractivity contribution in [2.24, 2.45) is 5.73 Å². The van der Waals surface area contributed by atoms with Gasteiger partial charge in [0.25, 0.3) is 0 Å². The first kappa shape index (κ1) is 9.69. The molecule has 3 heteroatoms. The zero-order valence-electron chi connectivity index (χ0n) is 7.55. The van der Waals surface area contributed by atoms with E-state index >= 15 is 0 Å². The average Bonchev–Trinajstić information content (AvgIpc) is 2.47. The molecular weight excluding hydrogens is 246 g/mol. The molecule has 1 aromatic heterocycles. The summed E-state index contributed by atoms with van der Waals surface area (Å²) < 4.78 is 1.28. The van der Waals surface area contributed by atoms with Crippen molar-refractivity contribution in [2.45, 2.75) is 31.6 Å². The third kappa shape index (κ3) is 1.97. The van der Waals surface area contributed by atoms with Crippen LogP contribution in [0.2, 0.25) is 0 Å². The van der Waals surface area contributed by atoms with Crippen LogP contribution in [0.4, 0.5) is 0 Å². The van der Waals surface area contributed by atoms with Crippen molar-refractivity contribution in [3.05, 3.63) is 20.3 Å². The van der Waals surface area contributed by atoms with Gasteiger partial charge in [0.05, 0.1) is 3.79 Å². The van der Waals surface area contributed by atoms with Crippen LogP contribution in [-0.4, -0.2) is 6.54 Å². The first-order valence-corrected chi connectivity index (χ1v) is 6.40. The normalized spacial score (nSPS) is 21.5. The Kier molecular flexibility index (Phi) is 3.06. The topological polar surface area (TPSA) is 26.0 Å². The van der Waals surface area contributed by atoms with Gasteiger partial charge in [-0.25, -0.2) is 0 Å². The number of hydrogen-bond acceptors (Lipinski definition) is 2. The first-order valence-electron chi connectivity index (χ1n) is 4.79. The lowest BCUT2D eigenvalue weighted by molar-refractivity contribution is 0.536. The maximum Gasteiger partial charge on any atom is 0.0704 e. The maximum absolute atomic E-state index is 5.62. The zero-order chi connectivity index (χ0) is 9.26. The quantitative estimate of drug-likeness (QED) is 0.867. The molecule has 1 nitrogen and oxygen atoms in total. The number of nitrogens with two attached hydrogens (primary N) is 1. The molecule has 0 amide bonds. The minimum Gasteiger partial charge on any atom is -0.330 e. The fraction of sp³-hybridized carbons (Fsp3) is 0.600. The zero-order valence-corrected chi connectivity index (χ0v) is 9.96. The lowest BCUT2D eigenvalue weighted by atomic mass is 9.87. The Morgan fingerprint density at radius 3 is 3.23 bits per heavy atom. The second-order valence-corrected chi connectivity index (χ2v) is 6.07. The number of halogens is 1. The molecule has 1 atom stereocenters. The minimum atomic E-state index is 0.741. The van der Waals surface area contributed by atoms with Crippen molar-refractivity contribution in [3.63, 3.8) is 0 Å². The third-order valence-corrected chi connectivity index (χ3v) is 4.54. The van der Waals surface area contributed by atoms with Crippen LogP contribution in [0.5, 0.6) is 0 Å². The van der Waals surface area contributed by atoms with Crippen LogP contribution in [0.1, 0.15) is 35.6 Å². The predicted molar refractivity (Wildman–Crippen MR) is 61.4 cm³/mol. The van der Waals surface area contributed by atoms with Crippen LogP contribution < -0.4 is 5.73 Å². The molecule has 1 unspecified atom stereocenters. The summed E-state index contributed by atoms with van der Waals surface area (Å²) >= 11 is 5.46. The van der Waals surface area contributed by atoms with E-state index in [2.05, 4.69) is 22.0 Å². The summed E-state index contributed by atoms with van der Waals surface area (Å²) in [7, 11) is 0. The van der Waals surface area contributed by atoms with Crippen molar-refractivity contribution in [1.29, 1.82) is 0 Å². The average molecular weight is 260 g/mol. The van der Waals surface area contributed by atoms with Gasteiger partial charge in [-0.05, 0) is 65.7 Å². The van der Waals surface area contributed by atoms with Crippen LogP contribution in [0.25, 0.3) is 0 Å². The highest BCUT2D eigenvalue weighted by atomic mass is 79.9. The second-order valence-electron chi connectivity index (χ2n) is 3.61. The molecule has 13 heavy (non-hydrogen) atoms. The van der Waals surface area contributed by atoms with E-state index in [1.54, 1.807) is 10.4 Å². The molecule has 0 fully saturated rings. The molecule has 72 valence electrons. The summed E-state index contributed by atoms with van der Waals surface area (Å²) in [5, 5.41) is 0. The van der Waals surface area contributed by atoms with Crippen molar-refractivity contribution in [2.75, 3.05) is 6.54 Å². The van der Waals surface area contributed by atoms with Gasteiger partial charge >= 0.3 is 0 Å². The van der Waals surface area contributed by atoms with E-state index in [4.69, 9.17) is 5.73 Å². The van der Waals surface area contributed by atoms with Crippen LogP contribution in [0.3, 0.4) is 0 Å². The monoisotopic (exact) mass is 259 g/mol. The van der Waals surface area contributed by atoms with E-state index in [-0.39, 0.29) is 0 Å². The van der Waals surface area contributed by atoms with Gasteiger partial charge in [-0.2, -0.15) is 0 Å². The molecule has 2 rings (SSSR count). The van der Waals surface area contributed by atoms with E-state index in [1.165, 1.54) is 23.0 Å². The van der Waals surface area contributed by atoms with Gasteiger partial charge < -0.3 is 5.73 Å². The van der Waals surface area contributed by atoms with E-state index in [0.717, 1.165) is 18.9 Å². The second kappa shape index (κ2) is 4.11. The molecule has 1 aromatic rings. The van der Waals surface area contributed by atoms with E-state index in [0.29, 0.717) is 0 Å². The van der Waals surface area contributed by atoms with E-state index in [1.807, 2.05) is 11.3 Å². The van der Waals surface area contributed by atoms with Crippen LogP contribution >= 0.6 is 27.3 Å². The first-order chi connectivity index (χ1) is 6.31. The molecule has 0 aromatic carbocycles. The molecule has 0 spiro atoms. The number of rotatable bonds is 2. The summed E-state index contributed by atoms with van der Waals surface area (Å²) in [5.41, 5.74) is 7.17. The highest BCUT2D eigenvalue weighted by Gasteiger charge is 2.21. The molecule has 1 aliphatic carbocycles. The highest BCUT2D eigenvalue weighted by molar-refractivity contribution is 9.11. The molecule has 0 saturated heterocycles. The van der Waals surface area contributed by atoms with E-state index < -0.39 is 0 Å². The van der Waals surface area contributed by atoms with Gasteiger partial charge in [-0.3, -0.25) is 0 Å². The molecule has 2 N–H and O–H groups in total. The molecular formula is C10H14BrNS. The lowest BCUT2D eigenvalue weighted by Crippen LogP contribution is -2.11. The van der Waals surface area contributed by atoms with Gasteiger partial charge in [-0.15, -0.1) is 11.3 Å². The Balaban J connectivity index is 2.25. The van der Waals surface area contributed by atoms with Gasteiger partial charge in [0.15, 0.2) is 0 Å². The minimum absolute atomic E-state index is 0.741. The van der Waals surface area contributed by atoms with Gasteiger partial charge in [0.1, 0.15) is 0 Å². The maximum atomic E-state index is 5.62. The number of aryl methyl sites for hydroxylation is 1. The summed E-state index contributed by atoms with van der Waals surface area (Å²) in [6.45, 7) is 0.819. The molecule has 0 saturated carbocycles. The third-order valence-electron chi connectivity index (χ3n) is 2.70. The van der Waals surface area contributed by atoms with Crippen molar-refractivity contribution in [1.82, 2.24) is 0 Å². The molecule has 0 radical (unpaired) electrons. The van der Waals surface area contributed by atoms with Crippen molar-refractivity contribution < 1.29 is 0 Å². The highest BCUT2D eigenvalue weighted by Crippen LogP contribution is 2.40. The largest absolute Gasteiger partial charge is 0.330 e. The summed E-state index contributed by atoms with van der Waals surface area (Å²) in [4.78, 5) is 1.59. The Morgan fingerprint density at radius 1 is 1.62 bits per heavy atom. The Bertz CT molecular complexity index is 295. The van der Waals surface area contributed by atoms with Gasteiger partial charge in [-0.1, -0.05) is 0 Å². The molecule has 0 aliphatic heterocycles. The van der Waals surface area contributed by atoms with E-state index in [9.17, 15) is 0 Å². The van der Waals surface area contributed by atoms with Crippen LogP contribution in [-0.2, 0) is 6.42 Å². The Labute approximate surface area is 91.5 Å². The smallest absolute Gasteiger partial charge is 0.0704 e. The number of fused-ring (bicyclic) bond motifs is 1. The van der Waals surface area contributed by atoms with Crippen molar-refractivity contribution in [3.8, 4) is 0 Å². The predicted octanol–water partition coefficient (Wildman–Crippen LogP) is 3.28. The van der Waals surface area contributed by atoms with Gasteiger partial charge in [0.2, 0.25) is 0 Å². The molecule has 1 aliphatic rings. The van der Waals surface area contributed by atoms with Gasteiger partial charge in [0, 0.05) is 4.88 Å². The fourth-order valence-corrected chi connectivity index (χ4v) is 4.00. The SMILES string of the molecule is NCCC1CCCc2cc(Br)sc21. The number of hydrogen-bond donors (Lipinski definition) is 1. The standard InChI is InChI=1S/C10H14BrNS/c11-9-6-8-3-1-2-7(4-5-12)10(8)13-9/h6-7H,1-5,12H2. The number of thiophene rings is 1. The van der Waals surface area contributed by atoms with Crippen LogP contribution in [0.15, 0.2) is 9.85 Å². The molecule has 1 heterocycles. The summed E-state index contributed by atoms with van der Waals surface area (Å²) in [6, 6.07) is 2.28. The Morgan fingerprint density at radius 2 is 2.46 bits per heavy atom. The summed E-state index contributed by atoms with van der Waals surface area (Å²) in [5.74, 6) is 0.741.